The topological polar surface area (TPSA) is 46.2 Å². The first-order valence-electron chi connectivity index (χ1n) is 5.76. The third-order valence-corrected chi connectivity index (χ3v) is 4.45. The first-order valence-corrected chi connectivity index (χ1v) is 7.78. The van der Waals surface area contributed by atoms with Gasteiger partial charge in [-0.1, -0.05) is 35.9 Å². The molecule has 2 rings (SSSR count). The van der Waals surface area contributed by atoms with E-state index in [0.29, 0.717) is 11.3 Å². The number of para-hydroxylation sites is 1. The molecule has 0 aliphatic rings. The SMILES string of the molecule is Cc1ccc(S(=O)(=O)Nc2ccccc2)c(CCl)c1. The van der Waals surface area contributed by atoms with Crippen molar-refractivity contribution in [3.8, 4) is 0 Å². The molecule has 0 aromatic heterocycles. The Balaban J connectivity index is 2.40. The van der Waals surface area contributed by atoms with E-state index in [0.717, 1.165) is 5.56 Å². The summed E-state index contributed by atoms with van der Waals surface area (Å²) in [6.07, 6.45) is 0. The molecule has 19 heavy (non-hydrogen) atoms. The van der Waals surface area contributed by atoms with E-state index in [9.17, 15) is 8.42 Å². The van der Waals surface area contributed by atoms with Crippen molar-refractivity contribution in [2.24, 2.45) is 0 Å². The molecule has 3 nitrogen and oxygen atoms in total. The van der Waals surface area contributed by atoms with Crippen LogP contribution in [0.5, 0.6) is 0 Å². The number of nitrogens with one attached hydrogen (secondary N) is 1. The van der Waals surface area contributed by atoms with Crippen molar-refractivity contribution in [2.75, 3.05) is 4.72 Å². The molecule has 5 heteroatoms. The molecule has 2 aromatic rings. The van der Waals surface area contributed by atoms with Crippen molar-refractivity contribution >= 4 is 27.3 Å². The maximum atomic E-state index is 12.3. The molecule has 0 spiro atoms. The van der Waals surface area contributed by atoms with E-state index < -0.39 is 10.0 Å². The van der Waals surface area contributed by atoms with Crippen LogP contribution in [0, 0.1) is 6.92 Å². The average molecular weight is 296 g/mol. The Morgan fingerprint density at radius 1 is 1.11 bits per heavy atom. The highest BCUT2D eigenvalue weighted by atomic mass is 35.5. The maximum Gasteiger partial charge on any atom is 0.262 e. The van der Waals surface area contributed by atoms with Crippen LogP contribution >= 0.6 is 11.6 Å². The number of hydrogen-bond acceptors (Lipinski definition) is 2. The van der Waals surface area contributed by atoms with Gasteiger partial charge in [0.15, 0.2) is 0 Å². The molecule has 0 unspecified atom stereocenters. The Bertz CT molecular complexity index is 669. The Morgan fingerprint density at radius 2 is 1.79 bits per heavy atom. The predicted molar refractivity (Wildman–Crippen MR) is 78.0 cm³/mol. The summed E-state index contributed by atoms with van der Waals surface area (Å²) in [6.45, 7) is 1.90. The zero-order chi connectivity index (χ0) is 13.9. The normalized spacial score (nSPS) is 11.3. The average Bonchev–Trinajstić information content (AvgIpc) is 2.38. The maximum absolute atomic E-state index is 12.3. The molecular weight excluding hydrogens is 282 g/mol. The molecule has 100 valence electrons. The van der Waals surface area contributed by atoms with Crippen molar-refractivity contribution in [3.63, 3.8) is 0 Å². The van der Waals surface area contributed by atoms with Crippen LogP contribution < -0.4 is 4.72 Å². The van der Waals surface area contributed by atoms with Crippen LogP contribution in [0.2, 0.25) is 0 Å². The van der Waals surface area contributed by atoms with Crippen LogP contribution in [-0.4, -0.2) is 8.42 Å². The minimum Gasteiger partial charge on any atom is -0.280 e. The van der Waals surface area contributed by atoms with E-state index in [1.807, 2.05) is 13.0 Å². The number of sulfonamides is 1. The van der Waals surface area contributed by atoms with Gasteiger partial charge in [0, 0.05) is 11.6 Å². The van der Waals surface area contributed by atoms with Gasteiger partial charge in [0.25, 0.3) is 10.0 Å². The lowest BCUT2D eigenvalue weighted by atomic mass is 10.2. The highest BCUT2D eigenvalue weighted by molar-refractivity contribution is 7.92. The third-order valence-electron chi connectivity index (χ3n) is 2.68. The van der Waals surface area contributed by atoms with Gasteiger partial charge in [0.1, 0.15) is 0 Å². The molecule has 0 atom stereocenters. The summed E-state index contributed by atoms with van der Waals surface area (Å²) in [5, 5.41) is 0. The number of benzene rings is 2. The molecule has 0 aliphatic carbocycles. The second kappa shape index (κ2) is 5.63. The van der Waals surface area contributed by atoms with Gasteiger partial charge >= 0.3 is 0 Å². The standard InChI is InChI=1S/C14H14ClNO2S/c1-11-7-8-14(12(9-11)10-15)19(17,18)16-13-5-3-2-4-6-13/h2-9,16H,10H2,1H3. The van der Waals surface area contributed by atoms with E-state index in [1.165, 1.54) is 0 Å². The van der Waals surface area contributed by atoms with E-state index in [1.54, 1.807) is 42.5 Å². The molecule has 0 saturated heterocycles. The molecule has 0 bridgehead atoms. The van der Waals surface area contributed by atoms with Gasteiger partial charge in [-0.3, -0.25) is 4.72 Å². The molecule has 0 amide bonds. The van der Waals surface area contributed by atoms with Gasteiger partial charge in [-0.2, -0.15) is 0 Å². The monoisotopic (exact) mass is 295 g/mol. The Morgan fingerprint density at radius 3 is 2.42 bits per heavy atom. The summed E-state index contributed by atoms with van der Waals surface area (Å²) in [5.74, 6) is 0.159. The smallest absolute Gasteiger partial charge is 0.262 e. The van der Waals surface area contributed by atoms with E-state index in [4.69, 9.17) is 11.6 Å². The Labute approximate surface area is 118 Å². The molecule has 0 radical (unpaired) electrons. The number of hydrogen-bond donors (Lipinski definition) is 1. The fourth-order valence-electron chi connectivity index (χ4n) is 1.79. The van der Waals surface area contributed by atoms with E-state index in [2.05, 4.69) is 4.72 Å². The van der Waals surface area contributed by atoms with Crippen molar-refractivity contribution in [2.45, 2.75) is 17.7 Å². The first kappa shape index (κ1) is 13.9. The van der Waals surface area contributed by atoms with E-state index in [-0.39, 0.29) is 10.8 Å². The van der Waals surface area contributed by atoms with Crippen molar-refractivity contribution in [3.05, 3.63) is 59.7 Å². The minimum absolute atomic E-state index is 0.159. The number of alkyl halides is 1. The summed E-state index contributed by atoms with van der Waals surface area (Å²) in [4.78, 5) is 0.219. The number of anilines is 1. The van der Waals surface area contributed by atoms with E-state index >= 15 is 0 Å². The fourth-order valence-corrected chi connectivity index (χ4v) is 3.37. The molecule has 0 aliphatic heterocycles. The van der Waals surface area contributed by atoms with Gasteiger partial charge in [-0.15, -0.1) is 11.6 Å². The van der Waals surface area contributed by atoms with Crippen LogP contribution in [0.4, 0.5) is 5.69 Å². The zero-order valence-corrected chi connectivity index (χ0v) is 12.0. The predicted octanol–water partition coefficient (Wildman–Crippen LogP) is 3.53. The Hall–Kier alpha value is -1.52. The quantitative estimate of drug-likeness (QED) is 0.877. The largest absolute Gasteiger partial charge is 0.280 e. The lowest BCUT2D eigenvalue weighted by Crippen LogP contribution is -2.14. The van der Waals surface area contributed by atoms with Gasteiger partial charge in [0.2, 0.25) is 0 Å². The molecule has 0 heterocycles. The highest BCUT2D eigenvalue weighted by Crippen LogP contribution is 2.22. The molecular formula is C14H14ClNO2S. The fraction of sp³-hybridized carbons (Fsp3) is 0.143. The summed E-state index contributed by atoms with van der Waals surface area (Å²) in [7, 11) is -3.61. The first-order chi connectivity index (χ1) is 9.03. The minimum atomic E-state index is -3.61. The number of halogens is 1. The van der Waals surface area contributed by atoms with Crippen LogP contribution in [0.3, 0.4) is 0 Å². The van der Waals surface area contributed by atoms with Crippen molar-refractivity contribution in [1.29, 1.82) is 0 Å². The van der Waals surface area contributed by atoms with Gasteiger partial charge in [-0.05, 0) is 30.7 Å². The molecule has 0 saturated carbocycles. The summed E-state index contributed by atoms with van der Waals surface area (Å²) in [6, 6.07) is 13.9. The van der Waals surface area contributed by atoms with Gasteiger partial charge in [0.05, 0.1) is 4.90 Å². The third kappa shape index (κ3) is 3.28. The lowest BCUT2D eigenvalue weighted by Gasteiger charge is -2.11. The molecule has 2 aromatic carbocycles. The number of aryl methyl sites for hydroxylation is 1. The Kier molecular flexibility index (Phi) is 4.12. The van der Waals surface area contributed by atoms with Crippen LogP contribution in [0.1, 0.15) is 11.1 Å². The molecule has 1 N–H and O–H groups in total. The zero-order valence-electron chi connectivity index (χ0n) is 10.4. The summed E-state index contributed by atoms with van der Waals surface area (Å²) in [5.41, 5.74) is 2.11. The molecule has 0 fully saturated rings. The summed E-state index contributed by atoms with van der Waals surface area (Å²) < 4.78 is 27.2. The van der Waals surface area contributed by atoms with Crippen molar-refractivity contribution < 1.29 is 8.42 Å². The summed E-state index contributed by atoms with van der Waals surface area (Å²) >= 11 is 5.82. The highest BCUT2D eigenvalue weighted by Gasteiger charge is 2.18. The van der Waals surface area contributed by atoms with Crippen LogP contribution in [0.25, 0.3) is 0 Å². The van der Waals surface area contributed by atoms with Crippen LogP contribution in [0.15, 0.2) is 53.4 Å². The second-order valence-electron chi connectivity index (χ2n) is 4.22. The van der Waals surface area contributed by atoms with Crippen molar-refractivity contribution in [1.82, 2.24) is 0 Å². The number of rotatable bonds is 4. The van der Waals surface area contributed by atoms with Gasteiger partial charge < -0.3 is 0 Å². The van der Waals surface area contributed by atoms with Crippen LogP contribution in [-0.2, 0) is 15.9 Å². The lowest BCUT2D eigenvalue weighted by molar-refractivity contribution is 0.600. The second-order valence-corrected chi connectivity index (χ2v) is 6.13. The van der Waals surface area contributed by atoms with Gasteiger partial charge in [-0.25, -0.2) is 8.42 Å².